The van der Waals surface area contributed by atoms with Gasteiger partial charge in [-0.3, -0.25) is 9.69 Å². The molecule has 0 saturated carbocycles. The third kappa shape index (κ3) is 4.63. The van der Waals surface area contributed by atoms with Crippen LogP contribution < -0.4 is 5.56 Å². The van der Waals surface area contributed by atoms with Crippen molar-refractivity contribution in [1.29, 1.82) is 0 Å². The smallest absolute Gasteiger partial charge is 0.252 e. The summed E-state index contributed by atoms with van der Waals surface area (Å²) < 4.78 is 7.14. The van der Waals surface area contributed by atoms with Crippen molar-refractivity contribution in [2.75, 3.05) is 13.2 Å². The van der Waals surface area contributed by atoms with Crippen LogP contribution in [0, 0.1) is 0 Å². The second kappa shape index (κ2) is 9.88. The molecule has 0 amide bonds. The summed E-state index contributed by atoms with van der Waals surface area (Å²) in [4.78, 5) is 17.8. The van der Waals surface area contributed by atoms with Crippen LogP contribution in [0.5, 0.6) is 0 Å². The Morgan fingerprint density at radius 2 is 2.12 bits per heavy atom. The summed E-state index contributed by atoms with van der Waals surface area (Å²) in [5.74, 6) is 1.42. The van der Waals surface area contributed by atoms with Crippen LogP contribution >= 0.6 is 0 Å². The molecule has 0 bridgehead atoms. The normalized spacial score (nSPS) is 12.6. The van der Waals surface area contributed by atoms with Gasteiger partial charge in [-0.25, -0.2) is 4.68 Å². The Kier molecular flexibility index (Phi) is 6.77. The number of aryl methyl sites for hydroxylation is 1. The number of pyridine rings is 1. The van der Waals surface area contributed by atoms with Gasteiger partial charge < -0.3 is 14.5 Å². The van der Waals surface area contributed by atoms with Crippen molar-refractivity contribution in [3.05, 3.63) is 75.7 Å². The summed E-state index contributed by atoms with van der Waals surface area (Å²) in [5.41, 5.74) is 2.54. The molecule has 168 valence electrons. The van der Waals surface area contributed by atoms with E-state index in [1.807, 2.05) is 42.2 Å². The Morgan fingerprint density at radius 3 is 2.84 bits per heavy atom. The summed E-state index contributed by atoms with van der Waals surface area (Å²) >= 11 is 0. The van der Waals surface area contributed by atoms with Gasteiger partial charge in [0.2, 0.25) is 0 Å². The van der Waals surface area contributed by atoms with E-state index in [4.69, 9.17) is 4.42 Å². The number of aliphatic hydroxyl groups excluding tert-OH is 1. The molecule has 4 aromatic rings. The fourth-order valence-corrected chi connectivity index (χ4v) is 4.05. The van der Waals surface area contributed by atoms with Crippen LogP contribution in [-0.4, -0.2) is 48.3 Å². The van der Waals surface area contributed by atoms with Gasteiger partial charge >= 0.3 is 0 Å². The summed E-state index contributed by atoms with van der Waals surface area (Å²) in [5, 5.41) is 23.0. The number of aromatic nitrogens is 5. The van der Waals surface area contributed by atoms with E-state index in [9.17, 15) is 9.90 Å². The van der Waals surface area contributed by atoms with Crippen LogP contribution in [-0.2, 0) is 19.5 Å². The predicted octanol–water partition coefficient (Wildman–Crippen LogP) is 2.66. The van der Waals surface area contributed by atoms with Gasteiger partial charge in [0.15, 0.2) is 5.82 Å². The highest BCUT2D eigenvalue weighted by Gasteiger charge is 2.25. The number of benzene rings is 1. The minimum absolute atomic E-state index is 0.0400. The van der Waals surface area contributed by atoms with Gasteiger partial charge in [0.1, 0.15) is 12.3 Å². The van der Waals surface area contributed by atoms with Crippen molar-refractivity contribution < 1.29 is 9.52 Å². The molecule has 1 unspecified atom stereocenters. The summed E-state index contributed by atoms with van der Waals surface area (Å²) in [6.45, 7) is 5.28. The molecule has 0 radical (unpaired) electrons. The third-order valence-electron chi connectivity index (χ3n) is 5.73. The molecular weight excluding hydrogens is 408 g/mol. The number of rotatable bonds is 10. The van der Waals surface area contributed by atoms with Crippen molar-refractivity contribution in [3.8, 4) is 0 Å². The van der Waals surface area contributed by atoms with Crippen LogP contribution in [0.15, 0.2) is 51.9 Å². The number of hydrogen-bond donors (Lipinski definition) is 2. The molecule has 1 atom stereocenters. The van der Waals surface area contributed by atoms with Crippen LogP contribution in [0.2, 0.25) is 0 Å². The molecule has 0 saturated heterocycles. The van der Waals surface area contributed by atoms with Gasteiger partial charge in [-0.2, -0.15) is 0 Å². The summed E-state index contributed by atoms with van der Waals surface area (Å²) in [6, 6.07) is 11.5. The number of aliphatic hydroxyl groups is 1. The van der Waals surface area contributed by atoms with E-state index in [0.717, 1.165) is 23.1 Å². The van der Waals surface area contributed by atoms with Gasteiger partial charge in [0.25, 0.3) is 5.56 Å². The van der Waals surface area contributed by atoms with E-state index >= 15 is 0 Å². The Balaban J connectivity index is 1.65. The van der Waals surface area contributed by atoms with Gasteiger partial charge in [-0.15, -0.1) is 5.10 Å². The maximum absolute atomic E-state index is 12.8. The lowest BCUT2D eigenvalue weighted by atomic mass is 10.1. The quantitative estimate of drug-likeness (QED) is 0.393. The Labute approximate surface area is 185 Å². The maximum atomic E-state index is 12.8. The summed E-state index contributed by atoms with van der Waals surface area (Å²) in [6.07, 6.45) is 3.26. The first-order chi connectivity index (χ1) is 15.6. The number of H-pyrrole nitrogens is 1. The SMILES string of the molecule is CCc1ccc2[nH]c(=O)c(CN(CCO)C(CC)c3nnnn3Cc3ccco3)cc2c1. The zero-order valence-electron chi connectivity index (χ0n) is 18.4. The van der Waals surface area contributed by atoms with E-state index in [-0.39, 0.29) is 18.2 Å². The molecule has 2 N–H and O–H groups in total. The number of hydrogen-bond acceptors (Lipinski definition) is 7. The number of nitrogens with one attached hydrogen (secondary N) is 1. The first-order valence-electron chi connectivity index (χ1n) is 10.9. The highest BCUT2D eigenvalue weighted by Crippen LogP contribution is 2.24. The Morgan fingerprint density at radius 1 is 1.25 bits per heavy atom. The van der Waals surface area contributed by atoms with Crippen LogP contribution in [0.1, 0.15) is 49.0 Å². The van der Waals surface area contributed by atoms with E-state index < -0.39 is 0 Å². The highest BCUT2D eigenvalue weighted by atomic mass is 16.3. The van der Waals surface area contributed by atoms with Crippen LogP contribution in [0.4, 0.5) is 0 Å². The number of fused-ring (bicyclic) bond motifs is 1. The molecule has 3 aromatic heterocycles. The lowest BCUT2D eigenvalue weighted by Crippen LogP contribution is -2.34. The molecule has 0 aliphatic carbocycles. The van der Waals surface area contributed by atoms with E-state index in [2.05, 4.69) is 33.5 Å². The maximum Gasteiger partial charge on any atom is 0.252 e. The Bertz CT molecular complexity index is 1210. The largest absolute Gasteiger partial charge is 0.467 e. The van der Waals surface area contributed by atoms with Gasteiger partial charge in [-0.1, -0.05) is 19.9 Å². The number of tetrazole rings is 1. The fourth-order valence-electron chi connectivity index (χ4n) is 4.05. The van der Waals surface area contributed by atoms with E-state index in [1.165, 1.54) is 5.56 Å². The van der Waals surface area contributed by atoms with Gasteiger partial charge in [0.05, 0.1) is 18.9 Å². The van der Waals surface area contributed by atoms with Crippen LogP contribution in [0.25, 0.3) is 10.9 Å². The monoisotopic (exact) mass is 436 g/mol. The fraction of sp³-hybridized carbons (Fsp3) is 0.391. The van der Waals surface area contributed by atoms with Crippen molar-refractivity contribution >= 4 is 10.9 Å². The molecule has 4 rings (SSSR count). The Hall–Kier alpha value is -3.30. The number of nitrogens with zero attached hydrogens (tertiary/aromatic N) is 5. The molecule has 0 aliphatic heterocycles. The second-order valence-electron chi connectivity index (χ2n) is 7.79. The molecule has 0 fully saturated rings. The van der Waals surface area contributed by atoms with Crippen molar-refractivity contribution in [2.24, 2.45) is 0 Å². The minimum atomic E-state index is -0.177. The zero-order chi connectivity index (χ0) is 22.5. The first kappa shape index (κ1) is 21.9. The lowest BCUT2D eigenvalue weighted by molar-refractivity contribution is 0.131. The third-order valence-corrected chi connectivity index (χ3v) is 5.73. The lowest BCUT2D eigenvalue weighted by Gasteiger charge is -2.29. The molecule has 9 nitrogen and oxygen atoms in total. The number of aromatic amines is 1. The van der Waals surface area contributed by atoms with Crippen molar-refractivity contribution in [3.63, 3.8) is 0 Å². The number of furan rings is 1. The minimum Gasteiger partial charge on any atom is -0.467 e. The molecule has 3 heterocycles. The van der Waals surface area contributed by atoms with Gasteiger partial charge in [0, 0.05) is 24.2 Å². The molecule has 1 aromatic carbocycles. The van der Waals surface area contributed by atoms with E-state index in [1.54, 1.807) is 10.9 Å². The summed E-state index contributed by atoms with van der Waals surface area (Å²) in [7, 11) is 0. The topological polar surface area (TPSA) is 113 Å². The van der Waals surface area contributed by atoms with Gasteiger partial charge in [-0.05, 0) is 64.5 Å². The molecule has 0 spiro atoms. The molecule has 32 heavy (non-hydrogen) atoms. The average molecular weight is 437 g/mol. The van der Waals surface area contributed by atoms with E-state index in [0.29, 0.717) is 37.4 Å². The average Bonchev–Trinajstić information content (AvgIpc) is 3.47. The molecule has 0 aliphatic rings. The standard InChI is InChI=1S/C23H28N6O3/c1-3-16-7-8-20-17(12-16)13-18(23(31)24-20)14-28(9-10-30)21(4-2)22-25-26-27-29(22)15-19-6-5-11-32-19/h5-8,11-13,21,30H,3-4,9-10,14-15H2,1-2H3,(H,24,31). The molecular formula is C23H28N6O3. The zero-order valence-corrected chi connectivity index (χ0v) is 18.4. The first-order valence-corrected chi connectivity index (χ1v) is 10.9. The van der Waals surface area contributed by atoms with Crippen LogP contribution in [0.3, 0.4) is 0 Å². The second-order valence-corrected chi connectivity index (χ2v) is 7.79. The highest BCUT2D eigenvalue weighted by molar-refractivity contribution is 5.79. The molecule has 9 heteroatoms. The van der Waals surface area contributed by atoms with Crippen molar-refractivity contribution in [2.45, 2.75) is 45.8 Å². The predicted molar refractivity (Wildman–Crippen MR) is 120 cm³/mol. The van der Waals surface area contributed by atoms with Crippen molar-refractivity contribution in [1.82, 2.24) is 30.1 Å².